The van der Waals surface area contributed by atoms with Gasteiger partial charge in [0.15, 0.2) is 0 Å². The number of benzene rings is 1. The predicted molar refractivity (Wildman–Crippen MR) is 65.8 cm³/mol. The van der Waals surface area contributed by atoms with Gasteiger partial charge in [-0.25, -0.2) is 4.98 Å². The molecule has 0 fully saturated rings. The lowest BCUT2D eigenvalue weighted by atomic mass is 10.2. The topological polar surface area (TPSA) is 17.8 Å². The lowest BCUT2D eigenvalue weighted by Crippen LogP contribution is -1.94. The number of rotatable bonds is 1. The lowest BCUT2D eigenvalue weighted by Gasteiger charge is -2.04. The van der Waals surface area contributed by atoms with Gasteiger partial charge in [-0.15, -0.1) is 0 Å². The number of aromatic nitrogens is 2. The Morgan fingerprint density at radius 2 is 1.88 bits per heavy atom. The van der Waals surface area contributed by atoms with Gasteiger partial charge in [-0.05, 0) is 36.1 Å². The Balaban J connectivity index is 2.22. The summed E-state index contributed by atoms with van der Waals surface area (Å²) in [4.78, 5) is 4.43. The van der Waals surface area contributed by atoms with E-state index in [1.165, 1.54) is 16.5 Å². The Labute approximate surface area is 94.2 Å². The van der Waals surface area contributed by atoms with Crippen LogP contribution in [0.25, 0.3) is 16.7 Å². The van der Waals surface area contributed by atoms with E-state index >= 15 is 0 Å². The highest BCUT2D eigenvalue weighted by molar-refractivity contribution is 5.81. The molecule has 0 aliphatic carbocycles. The Morgan fingerprint density at radius 1 is 1.00 bits per heavy atom. The maximum Gasteiger partial charge on any atom is 0.137 e. The molecule has 0 radical (unpaired) electrons. The van der Waals surface area contributed by atoms with E-state index < -0.39 is 0 Å². The highest BCUT2D eigenvalue weighted by atomic mass is 15.0. The minimum Gasteiger partial charge on any atom is -0.301 e. The first-order chi connectivity index (χ1) is 7.84. The fraction of sp³-hybridized carbons (Fsp3) is 0.0714. The van der Waals surface area contributed by atoms with Gasteiger partial charge in [-0.2, -0.15) is 0 Å². The summed E-state index contributed by atoms with van der Waals surface area (Å²) in [6.07, 6.45) is 3.95. The summed E-state index contributed by atoms with van der Waals surface area (Å²) in [6, 6.07) is 14.6. The molecule has 0 bridgehead atoms. The average molecular weight is 208 g/mol. The van der Waals surface area contributed by atoms with Crippen molar-refractivity contribution in [3.8, 4) is 5.82 Å². The largest absolute Gasteiger partial charge is 0.301 e. The Hall–Kier alpha value is -2.09. The van der Waals surface area contributed by atoms with E-state index in [1.807, 2.05) is 25.3 Å². The molecule has 1 aromatic carbocycles. The lowest BCUT2D eigenvalue weighted by molar-refractivity contribution is 1.04. The monoisotopic (exact) mass is 208 g/mol. The smallest absolute Gasteiger partial charge is 0.137 e. The first kappa shape index (κ1) is 9.16. The Morgan fingerprint density at radius 3 is 2.69 bits per heavy atom. The van der Waals surface area contributed by atoms with Gasteiger partial charge in [0.25, 0.3) is 0 Å². The number of hydrogen-bond acceptors (Lipinski definition) is 1. The predicted octanol–water partition coefficient (Wildman–Crippen LogP) is 3.33. The number of hydrogen-bond donors (Lipinski definition) is 0. The molecular formula is C14H12N2. The van der Waals surface area contributed by atoms with Crippen LogP contribution >= 0.6 is 0 Å². The van der Waals surface area contributed by atoms with Gasteiger partial charge in [0.05, 0.1) is 5.52 Å². The van der Waals surface area contributed by atoms with E-state index in [1.54, 1.807) is 0 Å². The van der Waals surface area contributed by atoms with Crippen LogP contribution in [0.3, 0.4) is 0 Å². The van der Waals surface area contributed by atoms with Gasteiger partial charge in [0.1, 0.15) is 5.82 Å². The fourth-order valence-electron chi connectivity index (χ4n) is 1.89. The molecule has 0 spiro atoms. The van der Waals surface area contributed by atoms with E-state index in [2.05, 4.69) is 46.1 Å². The standard InChI is InChI=1S/C14H12N2/c1-11-6-7-14(15-10-11)16-9-8-12-4-2-3-5-13(12)16/h2-10H,1H3. The summed E-state index contributed by atoms with van der Waals surface area (Å²) < 4.78 is 2.11. The Bertz CT molecular complexity index is 621. The number of nitrogens with zero attached hydrogens (tertiary/aromatic N) is 2. The molecule has 2 heteroatoms. The molecule has 3 aromatic rings. The van der Waals surface area contributed by atoms with Crippen LogP contribution < -0.4 is 0 Å². The van der Waals surface area contributed by atoms with Crippen LogP contribution in [0.1, 0.15) is 5.56 Å². The molecule has 0 aliphatic heterocycles. The van der Waals surface area contributed by atoms with Crippen molar-refractivity contribution in [2.45, 2.75) is 6.92 Å². The maximum absolute atomic E-state index is 4.43. The third-order valence-electron chi connectivity index (χ3n) is 2.74. The molecule has 0 saturated carbocycles. The van der Waals surface area contributed by atoms with E-state index in [0.717, 1.165) is 5.82 Å². The van der Waals surface area contributed by atoms with Crippen molar-refractivity contribution < 1.29 is 0 Å². The van der Waals surface area contributed by atoms with Crippen LogP contribution in [0.2, 0.25) is 0 Å². The summed E-state index contributed by atoms with van der Waals surface area (Å²) >= 11 is 0. The SMILES string of the molecule is Cc1ccc(-n2ccc3ccccc32)nc1. The molecule has 0 saturated heterocycles. The third-order valence-corrected chi connectivity index (χ3v) is 2.74. The number of pyridine rings is 1. The molecule has 0 N–H and O–H groups in total. The van der Waals surface area contributed by atoms with Gasteiger partial charge in [0, 0.05) is 12.4 Å². The number of aryl methyl sites for hydroxylation is 1. The molecular weight excluding hydrogens is 196 g/mol. The minimum absolute atomic E-state index is 0.965. The van der Waals surface area contributed by atoms with Gasteiger partial charge in [0.2, 0.25) is 0 Å². The van der Waals surface area contributed by atoms with E-state index in [4.69, 9.17) is 0 Å². The van der Waals surface area contributed by atoms with Crippen LogP contribution in [0.5, 0.6) is 0 Å². The van der Waals surface area contributed by atoms with E-state index in [-0.39, 0.29) is 0 Å². The average Bonchev–Trinajstić information content (AvgIpc) is 2.74. The van der Waals surface area contributed by atoms with Crippen LogP contribution in [-0.4, -0.2) is 9.55 Å². The summed E-state index contributed by atoms with van der Waals surface area (Å²) in [6.45, 7) is 2.05. The highest BCUT2D eigenvalue weighted by Gasteiger charge is 2.02. The van der Waals surface area contributed by atoms with Crippen molar-refractivity contribution in [2.24, 2.45) is 0 Å². The van der Waals surface area contributed by atoms with Crippen LogP contribution in [0.15, 0.2) is 54.9 Å². The molecule has 3 rings (SSSR count). The van der Waals surface area contributed by atoms with Gasteiger partial charge in [-0.1, -0.05) is 24.3 Å². The normalized spacial score (nSPS) is 10.8. The van der Waals surface area contributed by atoms with E-state index in [9.17, 15) is 0 Å². The molecule has 16 heavy (non-hydrogen) atoms. The van der Waals surface area contributed by atoms with Crippen molar-refractivity contribution in [2.75, 3.05) is 0 Å². The molecule has 2 nitrogen and oxygen atoms in total. The van der Waals surface area contributed by atoms with Crippen molar-refractivity contribution in [3.63, 3.8) is 0 Å². The van der Waals surface area contributed by atoms with Crippen molar-refractivity contribution in [1.29, 1.82) is 0 Å². The van der Waals surface area contributed by atoms with Crippen LogP contribution in [-0.2, 0) is 0 Å². The second-order valence-corrected chi connectivity index (χ2v) is 3.94. The van der Waals surface area contributed by atoms with Crippen molar-refractivity contribution in [3.05, 3.63) is 60.4 Å². The molecule has 2 heterocycles. The summed E-state index contributed by atoms with van der Waals surface area (Å²) in [5.41, 5.74) is 2.37. The third kappa shape index (κ3) is 1.39. The first-order valence-electron chi connectivity index (χ1n) is 5.34. The number of fused-ring (bicyclic) bond motifs is 1. The molecule has 0 amide bonds. The zero-order valence-corrected chi connectivity index (χ0v) is 9.09. The first-order valence-corrected chi connectivity index (χ1v) is 5.34. The molecule has 0 unspecified atom stereocenters. The Kier molecular flexibility index (Phi) is 2.00. The van der Waals surface area contributed by atoms with E-state index in [0.29, 0.717) is 0 Å². The minimum atomic E-state index is 0.965. The summed E-state index contributed by atoms with van der Waals surface area (Å²) in [7, 11) is 0. The molecule has 0 aliphatic rings. The second kappa shape index (κ2) is 3.49. The summed E-state index contributed by atoms with van der Waals surface area (Å²) in [5.74, 6) is 0.965. The van der Waals surface area contributed by atoms with Gasteiger partial charge < -0.3 is 4.57 Å². The zero-order valence-electron chi connectivity index (χ0n) is 9.09. The zero-order chi connectivity index (χ0) is 11.0. The quantitative estimate of drug-likeness (QED) is 0.599. The number of para-hydroxylation sites is 1. The van der Waals surface area contributed by atoms with Gasteiger partial charge in [-0.3, -0.25) is 0 Å². The van der Waals surface area contributed by atoms with Crippen LogP contribution in [0.4, 0.5) is 0 Å². The fourth-order valence-corrected chi connectivity index (χ4v) is 1.89. The maximum atomic E-state index is 4.43. The molecule has 2 aromatic heterocycles. The van der Waals surface area contributed by atoms with Crippen LogP contribution in [0, 0.1) is 6.92 Å². The van der Waals surface area contributed by atoms with Crippen molar-refractivity contribution in [1.82, 2.24) is 9.55 Å². The summed E-state index contributed by atoms with van der Waals surface area (Å²) in [5, 5.41) is 1.24. The highest BCUT2D eigenvalue weighted by Crippen LogP contribution is 2.18. The van der Waals surface area contributed by atoms with Crippen molar-refractivity contribution >= 4 is 10.9 Å². The molecule has 0 atom stereocenters. The van der Waals surface area contributed by atoms with Gasteiger partial charge >= 0.3 is 0 Å². The molecule has 78 valence electrons. The second-order valence-electron chi connectivity index (χ2n) is 3.94.